The summed E-state index contributed by atoms with van der Waals surface area (Å²) in [5, 5.41) is 0. The van der Waals surface area contributed by atoms with Crippen LogP contribution in [0.3, 0.4) is 0 Å². The van der Waals surface area contributed by atoms with Gasteiger partial charge in [0.25, 0.3) is 0 Å². The zero-order valence-electron chi connectivity index (χ0n) is 6.73. The van der Waals surface area contributed by atoms with Crippen molar-refractivity contribution in [1.29, 1.82) is 0 Å². The van der Waals surface area contributed by atoms with Crippen LogP contribution >= 0.6 is 0 Å². The van der Waals surface area contributed by atoms with Gasteiger partial charge >= 0.3 is 0 Å². The third-order valence-electron chi connectivity index (χ3n) is 1.97. The van der Waals surface area contributed by atoms with Crippen molar-refractivity contribution >= 4 is 5.82 Å². The number of hydrogen-bond donors (Lipinski definition) is 1. The maximum Gasteiger partial charge on any atom is 0.234 e. The lowest BCUT2D eigenvalue weighted by molar-refractivity contribution is 0.114. The largest absolute Gasteiger partial charge is 0.473 e. The van der Waals surface area contributed by atoms with Crippen molar-refractivity contribution in [3.05, 3.63) is 12.4 Å². The summed E-state index contributed by atoms with van der Waals surface area (Å²) < 4.78 is 5.48. The standard InChI is InChI=1S/C8H11N3O/c9-7-4-10-5-8(11-7)12-6-2-1-3-6/h4-6H,1-3H2,(H2,9,11). The van der Waals surface area contributed by atoms with Crippen LogP contribution in [0.4, 0.5) is 5.82 Å². The molecule has 0 radical (unpaired) electrons. The number of ether oxygens (including phenoxy) is 1. The molecule has 0 aliphatic heterocycles. The van der Waals surface area contributed by atoms with E-state index in [1.165, 1.54) is 12.6 Å². The van der Waals surface area contributed by atoms with Gasteiger partial charge in [0.05, 0.1) is 12.4 Å². The highest BCUT2D eigenvalue weighted by atomic mass is 16.5. The Labute approximate surface area is 70.8 Å². The Balaban J connectivity index is 2.02. The van der Waals surface area contributed by atoms with Gasteiger partial charge in [0.2, 0.25) is 5.88 Å². The molecule has 0 bridgehead atoms. The molecule has 4 nitrogen and oxygen atoms in total. The molecule has 1 aromatic heterocycles. The van der Waals surface area contributed by atoms with Gasteiger partial charge in [0.15, 0.2) is 0 Å². The quantitative estimate of drug-likeness (QED) is 0.709. The predicted octanol–water partition coefficient (Wildman–Crippen LogP) is 0.990. The van der Waals surface area contributed by atoms with Gasteiger partial charge in [-0.2, -0.15) is 4.98 Å². The molecule has 1 saturated carbocycles. The molecule has 1 fully saturated rings. The van der Waals surface area contributed by atoms with Crippen molar-refractivity contribution < 1.29 is 4.74 Å². The van der Waals surface area contributed by atoms with Crippen LogP contribution in [-0.4, -0.2) is 16.1 Å². The number of aromatic nitrogens is 2. The van der Waals surface area contributed by atoms with Crippen molar-refractivity contribution in [2.24, 2.45) is 0 Å². The summed E-state index contributed by atoms with van der Waals surface area (Å²) >= 11 is 0. The molecule has 64 valence electrons. The fraction of sp³-hybridized carbons (Fsp3) is 0.500. The minimum atomic E-state index is 0.334. The minimum absolute atomic E-state index is 0.334. The molecule has 0 aromatic carbocycles. The molecule has 1 aliphatic carbocycles. The van der Waals surface area contributed by atoms with Gasteiger partial charge in [0, 0.05) is 0 Å². The lowest BCUT2D eigenvalue weighted by atomic mass is 9.96. The third kappa shape index (κ3) is 1.47. The smallest absolute Gasteiger partial charge is 0.234 e. The topological polar surface area (TPSA) is 61.0 Å². The Kier molecular flexibility index (Phi) is 1.81. The summed E-state index contributed by atoms with van der Waals surface area (Å²) in [7, 11) is 0. The SMILES string of the molecule is Nc1cncc(OC2CCC2)n1. The number of nitrogens with zero attached hydrogens (tertiary/aromatic N) is 2. The van der Waals surface area contributed by atoms with Crippen LogP contribution in [0.15, 0.2) is 12.4 Å². The van der Waals surface area contributed by atoms with Crippen LogP contribution in [0, 0.1) is 0 Å². The van der Waals surface area contributed by atoms with E-state index in [4.69, 9.17) is 10.5 Å². The molecule has 2 N–H and O–H groups in total. The second kappa shape index (κ2) is 2.97. The van der Waals surface area contributed by atoms with Crippen LogP contribution in [0.2, 0.25) is 0 Å². The lowest BCUT2D eigenvalue weighted by Gasteiger charge is -2.25. The zero-order valence-corrected chi connectivity index (χ0v) is 6.73. The average molecular weight is 165 g/mol. The molecular weight excluding hydrogens is 154 g/mol. The van der Waals surface area contributed by atoms with Gasteiger partial charge in [-0.05, 0) is 19.3 Å². The molecule has 0 spiro atoms. The van der Waals surface area contributed by atoms with E-state index in [0.717, 1.165) is 12.8 Å². The van der Waals surface area contributed by atoms with Gasteiger partial charge in [-0.3, -0.25) is 4.98 Å². The van der Waals surface area contributed by atoms with Crippen LogP contribution < -0.4 is 10.5 Å². The van der Waals surface area contributed by atoms with E-state index < -0.39 is 0 Å². The molecule has 0 saturated heterocycles. The van der Waals surface area contributed by atoms with E-state index in [2.05, 4.69) is 9.97 Å². The molecule has 0 unspecified atom stereocenters. The van der Waals surface area contributed by atoms with Crippen molar-refractivity contribution in [2.45, 2.75) is 25.4 Å². The van der Waals surface area contributed by atoms with Gasteiger partial charge in [-0.1, -0.05) is 0 Å². The Hall–Kier alpha value is -1.32. The molecule has 0 amide bonds. The minimum Gasteiger partial charge on any atom is -0.473 e. The summed E-state index contributed by atoms with van der Waals surface area (Å²) in [6.07, 6.45) is 6.93. The molecule has 1 heterocycles. The number of hydrogen-bond acceptors (Lipinski definition) is 4. The first-order chi connectivity index (χ1) is 5.84. The van der Waals surface area contributed by atoms with Crippen LogP contribution in [0.5, 0.6) is 5.88 Å². The molecule has 4 heteroatoms. The van der Waals surface area contributed by atoms with Gasteiger partial charge in [-0.15, -0.1) is 0 Å². The van der Waals surface area contributed by atoms with Crippen LogP contribution in [0.1, 0.15) is 19.3 Å². The van der Waals surface area contributed by atoms with Crippen molar-refractivity contribution in [3.63, 3.8) is 0 Å². The average Bonchev–Trinajstić information content (AvgIpc) is 1.97. The van der Waals surface area contributed by atoms with E-state index in [9.17, 15) is 0 Å². The first-order valence-electron chi connectivity index (χ1n) is 4.09. The number of nitrogens with two attached hydrogens (primary N) is 1. The van der Waals surface area contributed by atoms with Gasteiger partial charge < -0.3 is 10.5 Å². The van der Waals surface area contributed by atoms with E-state index in [-0.39, 0.29) is 0 Å². The highest BCUT2D eigenvalue weighted by Crippen LogP contribution is 2.23. The number of anilines is 1. The molecule has 12 heavy (non-hydrogen) atoms. The van der Waals surface area contributed by atoms with Crippen LogP contribution in [-0.2, 0) is 0 Å². The molecule has 2 rings (SSSR count). The van der Waals surface area contributed by atoms with E-state index >= 15 is 0 Å². The van der Waals surface area contributed by atoms with Crippen molar-refractivity contribution in [1.82, 2.24) is 9.97 Å². The van der Waals surface area contributed by atoms with E-state index in [0.29, 0.717) is 17.8 Å². The summed E-state index contributed by atoms with van der Waals surface area (Å²) in [6.45, 7) is 0. The zero-order chi connectivity index (χ0) is 8.39. The fourth-order valence-electron chi connectivity index (χ4n) is 1.08. The Morgan fingerprint density at radius 2 is 2.25 bits per heavy atom. The number of rotatable bonds is 2. The second-order valence-corrected chi connectivity index (χ2v) is 2.95. The molecule has 0 atom stereocenters. The summed E-state index contributed by atoms with van der Waals surface area (Å²) in [5.74, 6) is 0.950. The summed E-state index contributed by atoms with van der Waals surface area (Å²) in [5.41, 5.74) is 5.44. The first-order valence-corrected chi connectivity index (χ1v) is 4.09. The first kappa shape index (κ1) is 7.34. The van der Waals surface area contributed by atoms with E-state index in [1.54, 1.807) is 6.20 Å². The van der Waals surface area contributed by atoms with E-state index in [1.807, 2.05) is 0 Å². The third-order valence-corrected chi connectivity index (χ3v) is 1.97. The highest BCUT2D eigenvalue weighted by molar-refractivity contribution is 5.26. The lowest BCUT2D eigenvalue weighted by Crippen LogP contribution is -2.25. The summed E-state index contributed by atoms with van der Waals surface area (Å²) in [6, 6.07) is 0. The van der Waals surface area contributed by atoms with Crippen molar-refractivity contribution in [3.8, 4) is 5.88 Å². The summed E-state index contributed by atoms with van der Waals surface area (Å²) in [4.78, 5) is 7.87. The Morgan fingerprint density at radius 3 is 2.83 bits per heavy atom. The highest BCUT2D eigenvalue weighted by Gasteiger charge is 2.19. The van der Waals surface area contributed by atoms with Crippen molar-refractivity contribution in [2.75, 3.05) is 5.73 Å². The van der Waals surface area contributed by atoms with Crippen LogP contribution in [0.25, 0.3) is 0 Å². The molecule has 1 aliphatic rings. The second-order valence-electron chi connectivity index (χ2n) is 2.95. The maximum atomic E-state index is 5.48. The van der Waals surface area contributed by atoms with Gasteiger partial charge in [-0.25, -0.2) is 0 Å². The number of nitrogen functional groups attached to an aromatic ring is 1. The molecular formula is C8H11N3O. The normalized spacial score (nSPS) is 17.0. The maximum absolute atomic E-state index is 5.48. The predicted molar refractivity (Wildman–Crippen MR) is 44.7 cm³/mol. The Bertz CT molecular complexity index is 273. The fourth-order valence-corrected chi connectivity index (χ4v) is 1.08. The Morgan fingerprint density at radius 1 is 1.42 bits per heavy atom. The van der Waals surface area contributed by atoms with Gasteiger partial charge in [0.1, 0.15) is 11.9 Å². The molecule has 1 aromatic rings. The monoisotopic (exact) mass is 165 g/mol.